The number of nitro groups is 1. The third-order valence-corrected chi connectivity index (χ3v) is 4.23. The number of nitrogens with one attached hydrogen (secondary N) is 1. The number of anilines is 1. The van der Waals surface area contributed by atoms with Crippen LogP contribution in [0.4, 0.5) is 15.8 Å². The van der Waals surface area contributed by atoms with E-state index in [1.54, 1.807) is 4.90 Å². The van der Waals surface area contributed by atoms with Crippen LogP contribution in [-0.4, -0.2) is 54.5 Å². The summed E-state index contributed by atoms with van der Waals surface area (Å²) >= 11 is 0. The number of hydrogen-bond acceptors (Lipinski definition) is 5. The van der Waals surface area contributed by atoms with Crippen LogP contribution in [-0.2, 0) is 4.79 Å². The molecule has 1 aliphatic heterocycles. The molecule has 0 saturated carbocycles. The number of hydrogen-bond donors (Lipinski definition) is 1. The summed E-state index contributed by atoms with van der Waals surface area (Å²) in [5.41, 5.74) is 0.197. The summed E-state index contributed by atoms with van der Waals surface area (Å²) in [6.45, 7) is 6.50. The molecule has 24 heavy (non-hydrogen) atoms. The Morgan fingerprint density at radius 3 is 2.62 bits per heavy atom. The van der Waals surface area contributed by atoms with E-state index in [9.17, 15) is 19.3 Å². The predicted octanol–water partition coefficient (Wildman–Crippen LogP) is 1.77. The van der Waals surface area contributed by atoms with E-state index in [0.717, 1.165) is 12.5 Å². The molecule has 1 saturated heterocycles. The van der Waals surface area contributed by atoms with E-state index in [1.165, 1.54) is 12.1 Å². The van der Waals surface area contributed by atoms with Gasteiger partial charge in [-0.3, -0.25) is 19.8 Å². The van der Waals surface area contributed by atoms with Crippen molar-refractivity contribution in [3.8, 4) is 0 Å². The van der Waals surface area contributed by atoms with Crippen molar-refractivity contribution < 1.29 is 14.1 Å². The number of benzene rings is 1. The Hall–Kier alpha value is -2.22. The van der Waals surface area contributed by atoms with Gasteiger partial charge in [-0.2, -0.15) is 0 Å². The molecule has 1 atom stereocenters. The number of halogens is 1. The summed E-state index contributed by atoms with van der Waals surface area (Å²) in [5, 5.41) is 14.0. The fourth-order valence-electron chi connectivity index (χ4n) is 2.68. The zero-order chi connectivity index (χ0) is 17.7. The molecular weight excluding hydrogens is 315 g/mol. The first kappa shape index (κ1) is 18.1. The SMILES string of the molecule is CCC(C)NC(=O)CN1CCN(c2cc(F)ccc2[N+](=O)[O-])CC1. The van der Waals surface area contributed by atoms with Crippen LogP contribution in [0.15, 0.2) is 18.2 Å². The van der Waals surface area contributed by atoms with Crippen LogP contribution >= 0.6 is 0 Å². The monoisotopic (exact) mass is 338 g/mol. The minimum absolute atomic E-state index is 0.0189. The summed E-state index contributed by atoms with van der Waals surface area (Å²) in [6.07, 6.45) is 0.878. The van der Waals surface area contributed by atoms with E-state index in [-0.39, 0.29) is 17.6 Å². The van der Waals surface area contributed by atoms with Gasteiger partial charge in [0, 0.05) is 44.4 Å². The molecule has 1 fully saturated rings. The standard InChI is InChI=1S/C16H23FN4O3/c1-3-12(2)18-16(22)11-19-6-8-20(9-7-19)15-10-13(17)4-5-14(15)21(23)24/h4-5,10,12H,3,6-9,11H2,1-2H3,(H,18,22). The number of nitrogens with zero attached hydrogens (tertiary/aromatic N) is 3. The first-order valence-electron chi connectivity index (χ1n) is 8.11. The molecule has 1 amide bonds. The van der Waals surface area contributed by atoms with Gasteiger partial charge in [-0.05, 0) is 19.4 Å². The molecule has 132 valence electrons. The Balaban J connectivity index is 1.95. The van der Waals surface area contributed by atoms with Gasteiger partial charge in [-0.25, -0.2) is 4.39 Å². The maximum Gasteiger partial charge on any atom is 0.292 e. The largest absolute Gasteiger partial charge is 0.363 e. The highest BCUT2D eigenvalue weighted by Crippen LogP contribution is 2.29. The first-order chi connectivity index (χ1) is 11.4. The van der Waals surface area contributed by atoms with Gasteiger partial charge >= 0.3 is 0 Å². The molecule has 0 aromatic heterocycles. The van der Waals surface area contributed by atoms with Crippen LogP contribution in [0.2, 0.25) is 0 Å². The lowest BCUT2D eigenvalue weighted by Crippen LogP contribution is -2.50. The number of carbonyl (C=O) groups excluding carboxylic acids is 1. The predicted molar refractivity (Wildman–Crippen MR) is 89.6 cm³/mol. The van der Waals surface area contributed by atoms with Crippen molar-refractivity contribution in [2.45, 2.75) is 26.3 Å². The third-order valence-electron chi connectivity index (χ3n) is 4.23. The van der Waals surface area contributed by atoms with Gasteiger partial charge < -0.3 is 10.2 Å². The van der Waals surface area contributed by atoms with Gasteiger partial charge in [-0.1, -0.05) is 6.92 Å². The molecular formula is C16H23FN4O3. The second-order valence-electron chi connectivity index (χ2n) is 6.03. The maximum absolute atomic E-state index is 13.5. The van der Waals surface area contributed by atoms with Crippen molar-refractivity contribution in [3.63, 3.8) is 0 Å². The third kappa shape index (κ3) is 4.64. The highest BCUT2D eigenvalue weighted by atomic mass is 19.1. The normalized spacial score (nSPS) is 16.7. The zero-order valence-corrected chi connectivity index (χ0v) is 14.0. The lowest BCUT2D eigenvalue weighted by Gasteiger charge is -2.35. The van der Waals surface area contributed by atoms with Crippen molar-refractivity contribution in [2.24, 2.45) is 0 Å². The van der Waals surface area contributed by atoms with E-state index in [2.05, 4.69) is 5.32 Å². The van der Waals surface area contributed by atoms with E-state index >= 15 is 0 Å². The van der Waals surface area contributed by atoms with Crippen LogP contribution in [0.1, 0.15) is 20.3 Å². The smallest absolute Gasteiger partial charge is 0.292 e. The van der Waals surface area contributed by atoms with E-state index in [0.29, 0.717) is 38.4 Å². The Labute approximate surface area is 140 Å². The Morgan fingerprint density at radius 2 is 2.04 bits per heavy atom. The second-order valence-corrected chi connectivity index (χ2v) is 6.03. The second kappa shape index (κ2) is 8.05. The maximum atomic E-state index is 13.5. The molecule has 0 aliphatic carbocycles. The van der Waals surface area contributed by atoms with Crippen molar-refractivity contribution in [1.29, 1.82) is 0 Å². The van der Waals surface area contributed by atoms with Crippen molar-refractivity contribution in [2.75, 3.05) is 37.6 Å². The van der Waals surface area contributed by atoms with Gasteiger partial charge in [0.1, 0.15) is 11.5 Å². The molecule has 1 aliphatic rings. The average Bonchev–Trinajstić information content (AvgIpc) is 2.54. The molecule has 1 aromatic carbocycles. The quantitative estimate of drug-likeness (QED) is 0.632. The van der Waals surface area contributed by atoms with Crippen LogP contribution in [0.25, 0.3) is 0 Å². The molecule has 8 heteroatoms. The van der Waals surface area contributed by atoms with Gasteiger partial charge in [0.05, 0.1) is 11.5 Å². The average molecular weight is 338 g/mol. The summed E-state index contributed by atoms with van der Waals surface area (Å²) in [4.78, 5) is 26.3. The topological polar surface area (TPSA) is 78.7 Å². The Bertz CT molecular complexity index is 603. The van der Waals surface area contributed by atoms with Gasteiger partial charge in [-0.15, -0.1) is 0 Å². The molecule has 1 N–H and O–H groups in total. The Kier molecular flexibility index (Phi) is 6.08. The minimum atomic E-state index is -0.499. The number of carbonyl (C=O) groups is 1. The van der Waals surface area contributed by atoms with Crippen molar-refractivity contribution >= 4 is 17.3 Å². The number of rotatable bonds is 6. The lowest BCUT2D eigenvalue weighted by molar-refractivity contribution is -0.384. The summed E-state index contributed by atoms with van der Waals surface area (Å²) < 4.78 is 13.5. The minimum Gasteiger partial charge on any atom is -0.363 e. The van der Waals surface area contributed by atoms with Gasteiger partial charge in [0.25, 0.3) is 5.69 Å². The molecule has 1 unspecified atom stereocenters. The fraction of sp³-hybridized carbons (Fsp3) is 0.562. The zero-order valence-electron chi connectivity index (χ0n) is 14.0. The first-order valence-corrected chi connectivity index (χ1v) is 8.11. The van der Waals surface area contributed by atoms with Crippen LogP contribution < -0.4 is 10.2 Å². The van der Waals surface area contributed by atoms with E-state index < -0.39 is 10.7 Å². The molecule has 0 spiro atoms. The molecule has 2 rings (SSSR count). The number of piperazine rings is 1. The van der Waals surface area contributed by atoms with Gasteiger partial charge in [0.2, 0.25) is 5.91 Å². The fourth-order valence-corrected chi connectivity index (χ4v) is 2.68. The number of nitro benzene ring substituents is 1. The summed E-state index contributed by atoms with van der Waals surface area (Å²) in [6, 6.07) is 3.63. The van der Waals surface area contributed by atoms with Gasteiger partial charge in [0.15, 0.2) is 0 Å². The highest BCUT2D eigenvalue weighted by Gasteiger charge is 2.25. The van der Waals surface area contributed by atoms with Crippen LogP contribution in [0, 0.1) is 15.9 Å². The molecule has 0 bridgehead atoms. The summed E-state index contributed by atoms with van der Waals surface area (Å²) in [7, 11) is 0. The molecule has 7 nitrogen and oxygen atoms in total. The van der Waals surface area contributed by atoms with Crippen LogP contribution in [0.5, 0.6) is 0 Å². The van der Waals surface area contributed by atoms with E-state index in [1.807, 2.05) is 18.7 Å². The van der Waals surface area contributed by atoms with Crippen LogP contribution in [0.3, 0.4) is 0 Å². The van der Waals surface area contributed by atoms with E-state index in [4.69, 9.17) is 0 Å². The summed E-state index contributed by atoms with van der Waals surface area (Å²) in [5.74, 6) is -0.513. The van der Waals surface area contributed by atoms with Crippen molar-refractivity contribution in [1.82, 2.24) is 10.2 Å². The van der Waals surface area contributed by atoms with Crippen molar-refractivity contribution in [3.05, 3.63) is 34.1 Å². The molecule has 0 radical (unpaired) electrons. The lowest BCUT2D eigenvalue weighted by atomic mass is 10.2. The Morgan fingerprint density at radius 1 is 1.38 bits per heavy atom. The molecule has 1 aromatic rings. The molecule has 1 heterocycles. The number of amides is 1. The highest BCUT2D eigenvalue weighted by molar-refractivity contribution is 5.78.